The Morgan fingerprint density at radius 2 is 2.30 bits per heavy atom. The summed E-state index contributed by atoms with van der Waals surface area (Å²) in [6.45, 7) is 2.30. The van der Waals surface area contributed by atoms with Gasteiger partial charge in [-0.05, 0) is 6.42 Å². The quantitative estimate of drug-likeness (QED) is 0.602. The predicted molar refractivity (Wildman–Crippen MR) is 39.7 cm³/mol. The van der Waals surface area contributed by atoms with E-state index >= 15 is 0 Å². The standard InChI is InChI=1S/C7H15NO2/c1-2-3-4-6(5-8)7(9)10/h6H,2-5,8H2,1H3,(H,9,10). The van der Waals surface area contributed by atoms with Crippen molar-refractivity contribution in [1.82, 2.24) is 0 Å². The maximum absolute atomic E-state index is 10.4. The van der Waals surface area contributed by atoms with Crippen LogP contribution in [0, 0.1) is 5.92 Å². The monoisotopic (exact) mass is 145 g/mol. The van der Waals surface area contributed by atoms with E-state index in [0.717, 1.165) is 12.8 Å². The summed E-state index contributed by atoms with van der Waals surface area (Å²) < 4.78 is 0. The van der Waals surface area contributed by atoms with Gasteiger partial charge in [0.05, 0.1) is 5.92 Å². The first-order chi connectivity index (χ1) is 4.72. The van der Waals surface area contributed by atoms with Crippen molar-refractivity contribution >= 4 is 5.97 Å². The molecule has 0 radical (unpaired) electrons. The molecule has 0 amide bonds. The van der Waals surface area contributed by atoms with Crippen molar-refractivity contribution in [1.29, 1.82) is 0 Å². The molecule has 0 aromatic heterocycles. The molecule has 60 valence electrons. The van der Waals surface area contributed by atoms with Crippen LogP contribution in [0.1, 0.15) is 26.2 Å². The van der Waals surface area contributed by atoms with E-state index in [0.29, 0.717) is 6.42 Å². The molecule has 0 spiro atoms. The smallest absolute Gasteiger partial charge is 0.307 e. The van der Waals surface area contributed by atoms with Crippen LogP contribution >= 0.6 is 0 Å². The number of nitrogens with two attached hydrogens (primary N) is 1. The maximum atomic E-state index is 10.4. The zero-order valence-corrected chi connectivity index (χ0v) is 6.34. The Bertz CT molecular complexity index is 104. The zero-order valence-electron chi connectivity index (χ0n) is 6.34. The van der Waals surface area contributed by atoms with Crippen LogP contribution in [0.3, 0.4) is 0 Å². The van der Waals surface area contributed by atoms with Gasteiger partial charge in [-0.25, -0.2) is 0 Å². The summed E-state index contributed by atoms with van der Waals surface area (Å²) in [5.74, 6) is -1.10. The molecule has 10 heavy (non-hydrogen) atoms. The number of hydrogen-bond acceptors (Lipinski definition) is 2. The van der Waals surface area contributed by atoms with E-state index in [1.807, 2.05) is 6.92 Å². The number of hydrogen-bond donors (Lipinski definition) is 2. The second kappa shape index (κ2) is 5.23. The molecule has 1 atom stereocenters. The van der Waals surface area contributed by atoms with Crippen molar-refractivity contribution in [2.45, 2.75) is 26.2 Å². The maximum Gasteiger partial charge on any atom is 0.307 e. The number of carboxylic acids is 1. The minimum atomic E-state index is -0.768. The van der Waals surface area contributed by atoms with E-state index in [1.54, 1.807) is 0 Å². The molecule has 0 aliphatic heterocycles. The van der Waals surface area contributed by atoms with E-state index in [9.17, 15) is 4.79 Å². The van der Waals surface area contributed by atoms with Gasteiger partial charge in [-0.3, -0.25) is 4.79 Å². The van der Waals surface area contributed by atoms with E-state index in [1.165, 1.54) is 0 Å². The zero-order chi connectivity index (χ0) is 7.98. The first-order valence-electron chi connectivity index (χ1n) is 3.65. The molecule has 0 fully saturated rings. The lowest BCUT2D eigenvalue weighted by molar-refractivity contribution is -0.141. The van der Waals surface area contributed by atoms with Crippen molar-refractivity contribution in [3.63, 3.8) is 0 Å². The highest BCUT2D eigenvalue weighted by molar-refractivity contribution is 5.70. The van der Waals surface area contributed by atoms with Crippen LogP contribution in [0.2, 0.25) is 0 Å². The van der Waals surface area contributed by atoms with Gasteiger partial charge in [-0.2, -0.15) is 0 Å². The molecule has 0 aliphatic rings. The first-order valence-corrected chi connectivity index (χ1v) is 3.65. The summed E-state index contributed by atoms with van der Waals surface area (Å²) in [5.41, 5.74) is 5.23. The van der Waals surface area contributed by atoms with Crippen LogP contribution in [-0.4, -0.2) is 17.6 Å². The Labute approximate surface area is 61.2 Å². The van der Waals surface area contributed by atoms with Crippen molar-refractivity contribution in [2.24, 2.45) is 11.7 Å². The molecule has 0 saturated carbocycles. The van der Waals surface area contributed by atoms with Crippen molar-refractivity contribution in [2.75, 3.05) is 6.54 Å². The molecule has 3 N–H and O–H groups in total. The van der Waals surface area contributed by atoms with E-state index < -0.39 is 5.97 Å². The van der Waals surface area contributed by atoms with Crippen molar-refractivity contribution in [3.8, 4) is 0 Å². The molecular formula is C7H15NO2. The number of carbonyl (C=O) groups is 1. The lowest BCUT2D eigenvalue weighted by atomic mass is 10.0. The van der Waals surface area contributed by atoms with Crippen LogP contribution in [0.4, 0.5) is 0 Å². The number of unbranched alkanes of at least 4 members (excludes halogenated alkanes) is 1. The van der Waals surface area contributed by atoms with Crippen LogP contribution in [0.15, 0.2) is 0 Å². The van der Waals surface area contributed by atoms with Crippen molar-refractivity contribution in [3.05, 3.63) is 0 Å². The second-order valence-corrected chi connectivity index (χ2v) is 2.41. The van der Waals surface area contributed by atoms with Crippen LogP contribution in [-0.2, 0) is 4.79 Å². The van der Waals surface area contributed by atoms with E-state index in [2.05, 4.69) is 0 Å². The Morgan fingerprint density at radius 3 is 2.60 bits per heavy atom. The average Bonchev–Trinajstić information content (AvgIpc) is 1.89. The van der Waals surface area contributed by atoms with Gasteiger partial charge in [0.25, 0.3) is 0 Å². The predicted octanol–water partition coefficient (Wildman–Crippen LogP) is 0.836. The molecule has 0 aromatic rings. The van der Waals surface area contributed by atoms with Gasteiger partial charge in [0.2, 0.25) is 0 Å². The van der Waals surface area contributed by atoms with Crippen LogP contribution in [0.5, 0.6) is 0 Å². The van der Waals surface area contributed by atoms with Gasteiger partial charge < -0.3 is 10.8 Å². The highest BCUT2D eigenvalue weighted by Gasteiger charge is 2.13. The lowest BCUT2D eigenvalue weighted by Gasteiger charge is -2.06. The molecular weight excluding hydrogens is 130 g/mol. The Morgan fingerprint density at radius 1 is 1.70 bits per heavy atom. The van der Waals surface area contributed by atoms with Crippen molar-refractivity contribution < 1.29 is 9.90 Å². The Hall–Kier alpha value is -0.570. The third kappa shape index (κ3) is 3.45. The van der Waals surface area contributed by atoms with Gasteiger partial charge >= 0.3 is 5.97 Å². The molecule has 0 aliphatic carbocycles. The minimum Gasteiger partial charge on any atom is -0.481 e. The first kappa shape index (κ1) is 9.43. The fourth-order valence-electron chi connectivity index (χ4n) is 0.793. The van der Waals surface area contributed by atoms with E-state index in [4.69, 9.17) is 10.8 Å². The number of rotatable bonds is 5. The third-order valence-corrected chi connectivity index (χ3v) is 1.54. The van der Waals surface area contributed by atoms with Gasteiger partial charge in [0.15, 0.2) is 0 Å². The fraction of sp³-hybridized carbons (Fsp3) is 0.857. The van der Waals surface area contributed by atoms with Crippen LogP contribution in [0.25, 0.3) is 0 Å². The van der Waals surface area contributed by atoms with Gasteiger partial charge in [-0.15, -0.1) is 0 Å². The van der Waals surface area contributed by atoms with Gasteiger partial charge in [0, 0.05) is 6.54 Å². The third-order valence-electron chi connectivity index (χ3n) is 1.54. The summed E-state index contributed by atoms with van der Waals surface area (Å²) in [7, 11) is 0. The average molecular weight is 145 g/mol. The molecule has 0 aromatic carbocycles. The summed E-state index contributed by atoms with van der Waals surface area (Å²) >= 11 is 0. The highest BCUT2D eigenvalue weighted by atomic mass is 16.4. The Kier molecular flexibility index (Phi) is 4.94. The van der Waals surface area contributed by atoms with E-state index in [-0.39, 0.29) is 12.5 Å². The number of carboxylic acid groups (broad SMARTS) is 1. The Balaban J connectivity index is 3.50. The highest BCUT2D eigenvalue weighted by Crippen LogP contribution is 2.06. The normalized spacial score (nSPS) is 13.0. The van der Waals surface area contributed by atoms with Gasteiger partial charge in [0.1, 0.15) is 0 Å². The molecule has 0 heterocycles. The summed E-state index contributed by atoms with van der Waals surface area (Å²) in [6.07, 6.45) is 2.69. The number of aliphatic carboxylic acids is 1. The summed E-state index contributed by atoms with van der Waals surface area (Å²) in [5, 5.41) is 8.52. The molecule has 3 nitrogen and oxygen atoms in total. The lowest BCUT2D eigenvalue weighted by Crippen LogP contribution is -2.22. The van der Waals surface area contributed by atoms with Crippen LogP contribution < -0.4 is 5.73 Å². The molecule has 0 bridgehead atoms. The van der Waals surface area contributed by atoms with Gasteiger partial charge in [-0.1, -0.05) is 19.8 Å². The molecule has 1 unspecified atom stereocenters. The minimum absolute atomic E-state index is 0.259. The molecule has 3 heteroatoms. The fourth-order valence-corrected chi connectivity index (χ4v) is 0.793. The molecule has 0 saturated heterocycles. The SMILES string of the molecule is CCCCC(CN)C(=O)O. The second-order valence-electron chi connectivity index (χ2n) is 2.41. The summed E-state index contributed by atoms with van der Waals surface area (Å²) in [4.78, 5) is 10.4. The topological polar surface area (TPSA) is 63.3 Å². The summed E-state index contributed by atoms with van der Waals surface area (Å²) in [6, 6.07) is 0. The largest absolute Gasteiger partial charge is 0.481 e. The molecule has 0 rings (SSSR count).